The van der Waals surface area contributed by atoms with Crippen LogP contribution in [0.25, 0.3) is 0 Å². The van der Waals surface area contributed by atoms with Crippen molar-refractivity contribution in [1.29, 1.82) is 0 Å². The molecule has 1 radical (unpaired) electrons. The Hall–Kier alpha value is -0.508. The number of aliphatic hydroxyl groups is 1. The molecule has 5 rings (SSSR count). The van der Waals surface area contributed by atoms with Crippen molar-refractivity contribution in [3.05, 3.63) is 59.7 Å². The van der Waals surface area contributed by atoms with Gasteiger partial charge in [0.15, 0.2) is 5.79 Å². The zero-order valence-electron chi connectivity index (χ0n) is 20.6. The van der Waals surface area contributed by atoms with E-state index in [1.807, 2.05) is 31.2 Å². The first kappa shape index (κ1) is 26.6. The number of carbonyl (C=O) groups excluding carboxylic acids is 1. The number of esters is 1. The summed E-state index contributed by atoms with van der Waals surface area (Å²) in [6.07, 6.45) is 5.99. The van der Waals surface area contributed by atoms with Crippen molar-refractivity contribution in [3.63, 3.8) is 0 Å². The smallest absolute Gasteiger partial charge is 0.336 e. The summed E-state index contributed by atoms with van der Waals surface area (Å²) in [6.45, 7) is 11.9. The molecule has 7 atom stereocenters. The van der Waals surface area contributed by atoms with Crippen molar-refractivity contribution in [3.8, 4) is 0 Å². The fraction of sp³-hybridized carbons (Fsp3) is 0.607. The minimum atomic E-state index is -0.818. The van der Waals surface area contributed by atoms with Gasteiger partial charge in [0.2, 0.25) is 0 Å². The van der Waals surface area contributed by atoms with E-state index in [4.69, 9.17) is 14.2 Å². The second-order valence-electron chi connectivity index (χ2n) is 11.1. The van der Waals surface area contributed by atoms with E-state index in [0.717, 1.165) is 31.2 Å². The van der Waals surface area contributed by atoms with E-state index in [2.05, 4.69) is 32.6 Å². The van der Waals surface area contributed by atoms with Crippen LogP contribution in [0.15, 0.2) is 54.1 Å². The number of carbonyl (C=O) groups is 1. The summed E-state index contributed by atoms with van der Waals surface area (Å²) in [5, 5.41) is 10.1. The van der Waals surface area contributed by atoms with E-state index in [-0.39, 0.29) is 73.5 Å². The van der Waals surface area contributed by atoms with Crippen molar-refractivity contribution < 1.29 is 68.2 Å². The molecule has 2 saturated heterocycles. The van der Waals surface area contributed by atoms with Crippen LogP contribution in [0.5, 0.6) is 0 Å². The van der Waals surface area contributed by atoms with Crippen LogP contribution in [0.2, 0.25) is 0 Å². The van der Waals surface area contributed by atoms with Crippen LogP contribution in [0.1, 0.15) is 58.4 Å². The van der Waals surface area contributed by atoms with Crippen LogP contribution >= 0.6 is 0 Å². The maximum absolute atomic E-state index is 12.0. The van der Waals surface area contributed by atoms with Crippen molar-refractivity contribution in [2.24, 2.45) is 22.7 Å². The Morgan fingerprint density at radius 1 is 1.15 bits per heavy atom. The molecular weight excluding hydrogens is 643 g/mol. The molecule has 4 aliphatic rings. The molecule has 1 N–H and O–H groups in total. The summed E-state index contributed by atoms with van der Waals surface area (Å²) in [5.41, 5.74) is 2.66. The first-order chi connectivity index (χ1) is 15.7. The monoisotopic (exact) mass is 679 g/mol. The van der Waals surface area contributed by atoms with Gasteiger partial charge >= 0.3 is 5.97 Å². The predicted octanol–water partition coefficient (Wildman–Crippen LogP) is 4.90. The Morgan fingerprint density at radius 3 is 2.56 bits per heavy atom. The molecule has 5 nitrogen and oxygen atoms in total. The third kappa shape index (κ3) is 4.30. The molecule has 0 spiro atoms. The van der Waals surface area contributed by atoms with E-state index in [1.54, 1.807) is 0 Å². The van der Waals surface area contributed by atoms with Gasteiger partial charge in [-0.3, -0.25) is 0 Å². The van der Waals surface area contributed by atoms with Crippen LogP contribution < -0.4 is 0 Å². The van der Waals surface area contributed by atoms with E-state index in [9.17, 15) is 9.90 Å². The number of fused-ring (bicyclic) bond motifs is 3. The molecule has 2 heterocycles. The van der Waals surface area contributed by atoms with Crippen molar-refractivity contribution in [2.45, 2.75) is 70.9 Å². The summed E-state index contributed by atoms with van der Waals surface area (Å²) in [4.78, 5) is 12.0. The van der Waals surface area contributed by atoms with E-state index < -0.39 is 17.9 Å². The average molecular weight is 680 g/mol. The van der Waals surface area contributed by atoms with E-state index >= 15 is 0 Å². The summed E-state index contributed by atoms with van der Waals surface area (Å²) >= 11 is 0. The minimum Gasteiger partial charge on any atom is -0.459 e. The third-order valence-electron chi connectivity index (χ3n) is 9.18. The molecule has 0 aromatic heterocycles. The number of benzene rings is 1. The first-order valence-electron chi connectivity index (χ1n) is 12.3. The molecule has 4 fully saturated rings. The Labute approximate surface area is 238 Å². The normalized spacial score (nSPS) is 43.0. The van der Waals surface area contributed by atoms with Gasteiger partial charge in [-0.15, -0.1) is 0 Å². The predicted molar refractivity (Wildman–Crippen MR) is 125 cm³/mol. The molecule has 1 aromatic rings. The Balaban J connectivity index is 0.00000274. The van der Waals surface area contributed by atoms with Crippen molar-refractivity contribution >= 4 is 5.97 Å². The van der Waals surface area contributed by atoms with Crippen molar-refractivity contribution in [1.82, 2.24) is 0 Å². The Bertz CT molecular complexity index is 976. The minimum absolute atomic E-state index is 0. The number of rotatable bonds is 3. The fourth-order valence-electron chi connectivity index (χ4n) is 7.21. The van der Waals surface area contributed by atoms with Gasteiger partial charge in [0, 0.05) is 55.0 Å². The van der Waals surface area contributed by atoms with Gasteiger partial charge in [-0.1, -0.05) is 62.4 Å². The number of ether oxygens (including phenoxy) is 3. The molecule has 181 valence electrons. The molecule has 2 aliphatic carbocycles. The molecule has 34 heavy (non-hydrogen) atoms. The van der Waals surface area contributed by atoms with Crippen LogP contribution in [0.3, 0.4) is 0 Å². The topological polar surface area (TPSA) is 65.0 Å². The Morgan fingerprint density at radius 2 is 1.88 bits per heavy atom. The zero-order chi connectivity index (χ0) is 23.4. The average Bonchev–Trinajstić information content (AvgIpc) is 3.12. The molecular formula is C28H36AcO5. The molecule has 0 amide bonds. The van der Waals surface area contributed by atoms with Gasteiger partial charge in [0.25, 0.3) is 0 Å². The zero-order valence-corrected chi connectivity index (χ0v) is 25.3. The molecule has 0 bridgehead atoms. The van der Waals surface area contributed by atoms with Gasteiger partial charge in [-0.25, -0.2) is 4.79 Å². The summed E-state index contributed by atoms with van der Waals surface area (Å²) in [7, 11) is 0. The van der Waals surface area contributed by atoms with E-state index in [1.165, 1.54) is 5.57 Å². The maximum atomic E-state index is 12.0. The number of allylic oxidation sites excluding steroid dienone is 2. The van der Waals surface area contributed by atoms with Gasteiger partial charge in [0.1, 0.15) is 12.7 Å². The summed E-state index contributed by atoms with van der Waals surface area (Å²) in [5.74, 6) is -0.432. The number of hydrogen-bond donors (Lipinski definition) is 1. The number of hydrogen-bond acceptors (Lipinski definition) is 5. The van der Waals surface area contributed by atoms with Gasteiger partial charge < -0.3 is 19.3 Å². The first-order valence-corrected chi connectivity index (χ1v) is 12.3. The molecule has 6 heteroatoms. The quantitative estimate of drug-likeness (QED) is 0.280. The molecule has 2 aliphatic heterocycles. The van der Waals surface area contributed by atoms with Gasteiger partial charge in [-0.05, 0) is 56.3 Å². The van der Waals surface area contributed by atoms with Crippen LogP contribution in [0.4, 0.5) is 0 Å². The molecule has 1 aromatic carbocycles. The molecule has 3 unspecified atom stereocenters. The Kier molecular flexibility index (Phi) is 7.61. The van der Waals surface area contributed by atoms with Gasteiger partial charge in [-0.2, -0.15) is 0 Å². The van der Waals surface area contributed by atoms with E-state index in [0.29, 0.717) is 24.5 Å². The standard InChI is InChI=1S/C28H36O5.Ac/c1-18-10-13-23-26(2,21(18)12-11-20-22(29)16-31-25(20)30)15-14-24-27(23,3)17-32-28(4,33-24)19-8-6-5-7-9-19;/h5-9,11,21-24,29H,1,10,12-17H2,2-4H3;/b20-11+;/t21-,22?,23?,24?,26+,27-,28-;/m0./s1. The summed E-state index contributed by atoms with van der Waals surface area (Å²) in [6, 6.07) is 10.2. The largest absolute Gasteiger partial charge is 0.459 e. The molecule has 2 saturated carbocycles. The second kappa shape index (κ2) is 9.75. The maximum Gasteiger partial charge on any atom is 0.336 e. The number of aliphatic hydroxyl groups excluding tert-OH is 1. The summed E-state index contributed by atoms with van der Waals surface area (Å²) < 4.78 is 18.2. The van der Waals surface area contributed by atoms with Crippen LogP contribution in [0, 0.1) is 66.7 Å². The number of cyclic esters (lactones) is 1. The fourth-order valence-corrected chi connectivity index (χ4v) is 7.21. The third-order valence-corrected chi connectivity index (χ3v) is 9.18. The van der Waals surface area contributed by atoms with Crippen molar-refractivity contribution in [2.75, 3.05) is 13.2 Å². The second-order valence-corrected chi connectivity index (χ2v) is 11.1. The van der Waals surface area contributed by atoms with Crippen LogP contribution in [-0.4, -0.2) is 36.5 Å². The SMILES string of the molecule is C=C1CCC2[C@]3(C)CO[C@](C)(c4ccccc4)OC3CC[C@]2(C)[C@H]1C/C=C1/C(=O)OCC1O.[Ac]. The van der Waals surface area contributed by atoms with Crippen LogP contribution in [-0.2, 0) is 24.8 Å². The van der Waals surface area contributed by atoms with Gasteiger partial charge in [0.05, 0.1) is 18.3 Å².